The van der Waals surface area contributed by atoms with Crippen molar-refractivity contribution in [3.05, 3.63) is 69.9 Å². The van der Waals surface area contributed by atoms with Crippen molar-refractivity contribution >= 4 is 23.3 Å². The first-order chi connectivity index (χ1) is 15.4. The van der Waals surface area contributed by atoms with E-state index in [-0.39, 0.29) is 31.0 Å². The number of nitro benzene ring substituents is 1. The second-order valence-corrected chi connectivity index (χ2v) is 7.13. The number of aliphatic imine (C=N–C) groups is 1. The number of rotatable bonds is 8. The molecule has 0 amide bonds. The molecule has 0 radical (unpaired) electrons. The van der Waals surface area contributed by atoms with Crippen LogP contribution in [0.25, 0.3) is 0 Å². The van der Waals surface area contributed by atoms with E-state index in [1.807, 2.05) is 0 Å². The van der Waals surface area contributed by atoms with Crippen molar-refractivity contribution in [3.8, 4) is 0 Å². The average Bonchev–Trinajstić information content (AvgIpc) is 3.26. The Morgan fingerprint density at radius 3 is 2.59 bits per heavy atom. The Balaban J connectivity index is 2.23. The van der Waals surface area contributed by atoms with Gasteiger partial charge in [-0.25, -0.2) is 9.78 Å². The minimum absolute atomic E-state index is 0.120. The minimum atomic E-state index is -0.928. The van der Waals surface area contributed by atoms with Crippen LogP contribution in [0.5, 0.6) is 0 Å². The van der Waals surface area contributed by atoms with Crippen molar-refractivity contribution in [1.82, 2.24) is 9.55 Å². The van der Waals surface area contributed by atoms with Crippen LogP contribution in [0.3, 0.4) is 0 Å². The Morgan fingerprint density at radius 1 is 1.22 bits per heavy atom. The number of ether oxygens (including phenoxy) is 2. The van der Waals surface area contributed by atoms with E-state index in [0.717, 1.165) is 0 Å². The summed E-state index contributed by atoms with van der Waals surface area (Å²) in [5, 5.41) is 11.4. The van der Waals surface area contributed by atoms with Gasteiger partial charge in [0.25, 0.3) is 5.69 Å². The summed E-state index contributed by atoms with van der Waals surface area (Å²) in [6.45, 7) is 5.52. The molecule has 1 aliphatic heterocycles. The van der Waals surface area contributed by atoms with E-state index in [2.05, 4.69) is 9.98 Å². The standard InChI is InChI=1S/C22H24N4O6/c1-4-31-21(27)18-14(3)24-17(12-25-10-9-23-13-25)20(22(28)32-5-2)19(18)15-7-6-8-16(11-15)26(29)30/h6-11,13,18-19H,4-5,12H2,1-3H3. The smallest absolute Gasteiger partial charge is 0.336 e. The van der Waals surface area contributed by atoms with Crippen LogP contribution in [0.4, 0.5) is 5.69 Å². The second kappa shape index (κ2) is 9.99. The van der Waals surface area contributed by atoms with Gasteiger partial charge in [-0.1, -0.05) is 12.1 Å². The van der Waals surface area contributed by atoms with Crippen molar-refractivity contribution < 1.29 is 24.0 Å². The van der Waals surface area contributed by atoms with E-state index >= 15 is 0 Å². The van der Waals surface area contributed by atoms with Crippen LogP contribution < -0.4 is 0 Å². The highest BCUT2D eigenvalue weighted by molar-refractivity contribution is 6.07. The highest BCUT2D eigenvalue weighted by Crippen LogP contribution is 2.41. The molecule has 2 unspecified atom stereocenters. The fraction of sp³-hybridized carbons (Fsp3) is 0.364. The zero-order valence-corrected chi connectivity index (χ0v) is 18.1. The molecule has 2 atom stereocenters. The molecule has 32 heavy (non-hydrogen) atoms. The summed E-state index contributed by atoms with van der Waals surface area (Å²) in [7, 11) is 0. The Bertz CT molecular complexity index is 1070. The van der Waals surface area contributed by atoms with E-state index < -0.39 is 28.7 Å². The van der Waals surface area contributed by atoms with Crippen molar-refractivity contribution in [2.45, 2.75) is 33.2 Å². The Labute approximate surface area is 184 Å². The normalized spacial score (nSPS) is 18.2. The van der Waals surface area contributed by atoms with Gasteiger partial charge in [-0.3, -0.25) is 19.9 Å². The highest BCUT2D eigenvalue weighted by atomic mass is 16.6. The molecule has 10 heteroatoms. The van der Waals surface area contributed by atoms with Crippen molar-refractivity contribution in [3.63, 3.8) is 0 Å². The van der Waals surface area contributed by atoms with Crippen molar-refractivity contribution in [2.75, 3.05) is 13.2 Å². The third-order valence-corrected chi connectivity index (χ3v) is 5.08. The third kappa shape index (κ3) is 4.74. The van der Waals surface area contributed by atoms with Gasteiger partial charge in [0.15, 0.2) is 0 Å². The average molecular weight is 440 g/mol. The molecular formula is C22H24N4O6. The van der Waals surface area contributed by atoms with Crippen LogP contribution in [0, 0.1) is 16.0 Å². The number of benzene rings is 1. The van der Waals surface area contributed by atoms with Gasteiger partial charge in [-0.15, -0.1) is 0 Å². The number of esters is 2. The number of hydrogen-bond donors (Lipinski definition) is 0. The molecule has 2 heterocycles. The third-order valence-electron chi connectivity index (χ3n) is 5.08. The summed E-state index contributed by atoms with van der Waals surface area (Å²) in [6, 6.07) is 5.89. The lowest BCUT2D eigenvalue weighted by atomic mass is 9.75. The zero-order valence-electron chi connectivity index (χ0n) is 18.1. The number of carbonyl (C=O) groups is 2. The first-order valence-corrected chi connectivity index (χ1v) is 10.2. The van der Waals surface area contributed by atoms with Crippen molar-refractivity contribution in [1.29, 1.82) is 0 Å². The van der Waals surface area contributed by atoms with Crippen LogP contribution in [-0.4, -0.2) is 45.3 Å². The summed E-state index contributed by atoms with van der Waals surface area (Å²) in [5.74, 6) is -2.98. The molecular weight excluding hydrogens is 416 g/mol. The van der Waals surface area contributed by atoms with Gasteiger partial charge in [0.05, 0.1) is 42.3 Å². The molecule has 3 rings (SSSR count). The number of nitro groups is 1. The zero-order chi connectivity index (χ0) is 23.3. The molecule has 1 aliphatic rings. The molecule has 0 bridgehead atoms. The molecule has 0 spiro atoms. The van der Waals surface area contributed by atoms with Gasteiger partial charge in [-0.2, -0.15) is 0 Å². The lowest BCUT2D eigenvalue weighted by Gasteiger charge is -2.32. The molecule has 168 valence electrons. The van der Waals surface area contributed by atoms with Crippen LogP contribution in [0.2, 0.25) is 0 Å². The maximum Gasteiger partial charge on any atom is 0.336 e. The number of non-ortho nitro benzene ring substituents is 1. The summed E-state index contributed by atoms with van der Waals surface area (Å²) in [5.41, 5.74) is 1.30. The highest BCUT2D eigenvalue weighted by Gasteiger charge is 2.43. The predicted molar refractivity (Wildman–Crippen MR) is 115 cm³/mol. The summed E-state index contributed by atoms with van der Waals surface area (Å²) < 4.78 is 12.3. The van der Waals surface area contributed by atoms with Crippen LogP contribution in [0.1, 0.15) is 32.3 Å². The van der Waals surface area contributed by atoms with Gasteiger partial charge in [0, 0.05) is 36.2 Å². The number of carbonyl (C=O) groups excluding carboxylic acids is 2. The number of allylic oxidation sites excluding steroid dienone is 1. The topological polar surface area (TPSA) is 126 Å². The van der Waals surface area contributed by atoms with E-state index in [4.69, 9.17) is 9.47 Å². The van der Waals surface area contributed by atoms with Gasteiger partial charge >= 0.3 is 11.9 Å². The van der Waals surface area contributed by atoms with E-state index in [1.165, 1.54) is 18.2 Å². The van der Waals surface area contributed by atoms with E-state index in [0.29, 0.717) is 17.0 Å². The lowest BCUT2D eigenvalue weighted by molar-refractivity contribution is -0.384. The minimum Gasteiger partial charge on any atom is -0.465 e. The predicted octanol–water partition coefficient (Wildman–Crippen LogP) is 3.05. The second-order valence-electron chi connectivity index (χ2n) is 7.13. The summed E-state index contributed by atoms with van der Waals surface area (Å²) in [4.78, 5) is 45.5. The summed E-state index contributed by atoms with van der Waals surface area (Å²) in [6.07, 6.45) is 4.91. The van der Waals surface area contributed by atoms with Gasteiger partial charge in [0.1, 0.15) is 5.92 Å². The number of aromatic nitrogens is 2. The van der Waals surface area contributed by atoms with Gasteiger partial charge < -0.3 is 14.0 Å². The van der Waals surface area contributed by atoms with Crippen LogP contribution >= 0.6 is 0 Å². The maximum absolute atomic E-state index is 13.1. The molecule has 0 N–H and O–H groups in total. The monoisotopic (exact) mass is 440 g/mol. The van der Waals surface area contributed by atoms with Gasteiger partial charge in [-0.05, 0) is 26.3 Å². The molecule has 0 saturated heterocycles. The van der Waals surface area contributed by atoms with Crippen LogP contribution in [-0.2, 0) is 25.6 Å². The molecule has 0 saturated carbocycles. The number of nitrogens with zero attached hydrogens (tertiary/aromatic N) is 4. The molecule has 1 aromatic carbocycles. The van der Waals surface area contributed by atoms with Crippen molar-refractivity contribution in [2.24, 2.45) is 10.9 Å². The first-order valence-electron chi connectivity index (χ1n) is 10.2. The van der Waals surface area contributed by atoms with E-state index in [9.17, 15) is 19.7 Å². The van der Waals surface area contributed by atoms with E-state index in [1.54, 1.807) is 50.1 Å². The van der Waals surface area contributed by atoms with Crippen LogP contribution in [0.15, 0.2) is 59.2 Å². The maximum atomic E-state index is 13.1. The fourth-order valence-corrected chi connectivity index (χ4v) is 3.79. The summed E-state index contributed by atoms with van der Waals surface area (Å²) >= 11 is 0. The lowest BCUT2D eigenvalue weighted by Crippen LogP contribution is -2.37. The molecule has 1 aromatic heterocycles. The van der Waals surface area contributed by atoms with Gasteiger partial charge in [0.2, 0.25) is 0 Å². The quantitative estimate of drug-likeness (QED) is 0.351. The molecule has 0 fully saturated rings. The Morgan fingerprint density at radius 2 is 1.97 bits per heavy atom. The molecule has 0 aliphatic carbocycles. The SMILES string of the molecule is CCOC(=O)C1=C(Cn2ccnc2)N=C(C)C(C(=O)OCC)C1c1cccc([N+](=O)[O-])c1. The Hall–Kier alpha value is -3.82. The first kappa shape index (κ1) is 22.9. The Kier molecular flexibility index (Phi) is 7.14. The number of imidazole rings is 1. The fourth-order valence-electron chi connectivity index (χ4n) is 3.79. The molecule has 10 nitrogen and oxygen atoms in total. The largest absolute Gasteiger partial charge is 0.465 e. The number of hydrogen-bond acceptors (Lipinski definition) is 8. The molecule has 2 aromatic rings.